The van der Waals surface area contributed by atoms with Gasteiger partial charge < -0.3 is 20.0 Å². The van der Waals surface area contributed by atoms with Crippen molar-refractivity contribution in [1.29, 1.82) is 0 Å². The molecular weight excluding hydrogens is 576 g/mol. The molecule has 14 heteroatoms. The molecule has 0 aliphatic carbocycles. The van der Waals surface area contributed by atoms with Crippen LogP contribution < -0.4 is 10.0 Å². The van der Waals surface area contributed by atoms with Crippen molar-refractivity contribution in [1.82, 2.24) is 29.6 Å². The van der Waals surface area contributed by atoms with Crippen molar-refractivity contribution >= 4 is 56.9 Å². The van der Waals surface area contributed by atoms with Crippen LogP contribution in [-0.4, -0.2) is 117 Å². The summed E-state index contributed by atoms with van der Waals surface area (Å²) in [5, 5.41) is 3.96. The van der Waals surface area contributed by atoms with Gasteiger partial charge in [-0.25, -0.2) is 13.2 Å². The Balaban J connectivity index is 1.26. The molecule has 3 aliphatic heterocycles. The maximum absolute atomic E-state index is 13.3. The van der Waals surface area contributed by atoms with Crippen LogP contribution in [0.1, 0.15) is 43.9 Å². The van der Waals surface area contributed by atoms with Crippen LogP contribution in [-0.2, 0) is 19.6 Å². The summed E-state index contributed by atoms with van der Waals surface area (Å²) in [7, 11) is -3.85. The monoisotopic (exact) mass is 614 g/mol. The summed E-state index contributed by atoms with van der Waals surface area (Å²) in [6.45, 7) is 7.31. The fourth-order valence-electron chi connectivity index (χ4n) is 5.40. The van der Waals surface area contributed by atoms with Crippen LogP contribution in [0.3, 0.4) is 0 Å². The summed E-state index contributed by atoms with van der Waals surface area (Å²) in [5.74, 6) is -0.477. The fourth-order valence-corrected chi connectivity index (χ4v) is 7.47. The van der Waals surface area contributed by atoms with E-state index in [0.717, 1.165) is 44.3 Å². The minimum Gasteiger partial charge on any atom is -0.338 e. The lowest BCUT2D eigenvalue weighted by molar-refractivity contribution is -0.143. The number of thiophene rings is 1. The van der Waals surface area contributed by atoms with E-state index < -0.39 is 16.1 Å². The zero-order valence-electron chi connectivity index (χ0n) is 22.9. The lowest BCUT2D eigenvalue weighted by Crippen LogP contribution is -2.56. The second-order valence-electron chi connectivity index (χ2n) is 10.5. The number of hydrogen-bond donors (Lipinski definition) is 2. The number of sulfonamides is 1. The number of nitrogens with one attached hydrogen (secondary N) is 2. The molecular formula is C26H39ClN6O5S2. The van der Waals surface area contributed by atoms with Crippen molar-refractivity contribution in [3.63, 3.8) is 0 Å². The Morgan fingerprint density at radius 1 is 1.10 bits per heavy atom. The van der Waals surface area contributed by atoms with Gasteiger partial charge in [0.15, 0.2) is 0 Å². The van der Waals surface area contributed by atoms with E-state index in [1.54, 1.807) is 12.1 Å². The molecule has 0 saturated carbocycles. The standard InChI is InChI=1S/C26H39ClN6O5S2/c1-2-10-28-26(36)31-15-13-30(14-16-31)18-20-5-3-12-33(20)24(34)19-32-11-4-6-22(25(32)35)29-40(37,38)17-9-21-7-8-23(27)39-21/h7-9,17,20,22,29H,2-6,10-16,18-19H2,1H3,(H,28,36)/t20-,22-/m0/s1. The van der Waals surface area contributed by atoms with Gasteiger partial charge in [0.1, 0.15) is 6.04 Å². The molecule has 11 nitrogen and oxygen atoms in total. The predicted molar refractivity (Wildman–Crippen MR) is 156 cm³/mol. The Hall–Kier alpha value is -2.19. The Bertz CT molecular complexity index is 1180. The zero-order chi connectivity index (χ0) is 28.7. The van der Waals surface area contributed by atoms with E-state index in [2.05, 4.69) is 14.9 Å². The number of rotatable bonds is 10. The van der Waals surface area contributed by atoms with Gasteiger partial charge in [-0.05, 0) is 50.3 Å². The molecule has 3 aliphatic rings. The minimum atomic E-state index is -3.85. The highest BCUT2D eigenvalue weighted by atomic mass is 35.5. The molecule has 2 N–H and O–H groups in total. The minimum absolute atomic E-state index is 0.0191. The quantitative estimate of drug-likeness (QED) is 0.416. The van der Waals surface area contributed by atoms with Gasteiger partial charge >= 0.3 is 6.03 Å². The molecule has 40 heavy (non-hydrogen) atoms. The summed E-state index contributed by atoms with van der Waals surface area (Å²) in [5.41, 5.74) is 0. The van der Waals surface area contributed by atoms with Gasteiger partial charge in [-0.15, -0.1) is 11.3 Å². The SMILES string of the molecule is CCCNC(=O)N1CCN(C[C@@H]2CCCN2C(=O)CN2CCC[C@H](NS(=O)(=O)C=Cc3ccc(Cl)s3)C2=O)CC1. The van der Waals surface area contributed by atoms with E-state index >= 15 is 0 Å². The van der Waals surface area contributed by atoms with Gasteiger partial charge in [0.25, 0.3) is 0 Å². The number of piperazine rings is 1. The smallest absolute Gasteiger partial charge is 0.317 e. The lowest BCUT2D eigenvalue weighted by Gasteiger charge is -2.38. The van der Waals surface area contributed by atoms with Gasteiger partial charge in [-0.3, -0.25) is 14.5 Å². The highest BCUT2D eigenvalue weighted by Gasteiger charge is 2.36. The molecule has 0 radical (unpaired) electrons. The summed E-state index contributed by atoms with van der Waals surface area (Å²) in [6.07, 6.45) is 5.16. The maximum atomic E-state index is 13.3. The maximum Gasteiger partial charge on any atom is 0.317 e. The van der Waals surface area contributed by atoms with E-state index in [-0.39, 0.29) is 30.4 Å². The van der Waals surface area contributed by atoms with E-state index in [1.807, 2.05) is 16.7 Å². The summed E-state index contributed by atoms with van der Waals surface area (Å²) >= 11 is 7.15. The molecule has 2 atom stereocenters. The van der Waals surface area contributed by atoms with Crippen LogP contribution in [0.2, 0.25) is 4.34 Å². The van der Waals surface area contributed by atoms with Crippen LogP contribution in [0.4, 0.5) is 4.79 Å². The first-order valence-corrected chi connectivity index (χ1v) is 16.7. The Labute approximate surface area is 245 Å². The normalized spacial score (nSPS) is 22.9. The largest absolute Gasteiger partial charge is 0.338 e. The van der Waals surface area contributed by atoms with Gasteiger partial charge in [-0.2, -0.15) is 4.72 Å². The van der Waals surface area contributed by atoms with Gasteiger partial charge in [0, 0.05) is 68.7 Å². The third-order valence-electron chi connectivity index (χ3n) is 7.52. The van der Waals surface area contributed by atoms with Gasteiger partial charge in [-0.1, -0.05) is 18.5 Å². The number of likely N-dealkylation sites (tertiary alicyclic amines) is 2. The number of urea groups is 1. The van der Waals surface area contributed by atoms with Crippen molar-refractivity contribution in [2.45, 2.75) is 51.1 Å². The van der Waals surface area contributed by atoms with Crippen LogP contribution in [0.5, 0.6) is 0 Å². The van der Waals surface area contributed by atoms with Gasteiger partial charge in [0.05, 0.1) is 10.9 Å². The predicted octanol–water partition coefficient (Wildman–Crippen LogP) is 2.01. The molecule has 0 spiro atoms. The molecule has 3 fully saturated rings. The molecule has 1 aromatic heterocycles. The van der Waals surface area contributed by atoms with Crippen molar-refractivity contribution in [3.8, 4) is 0 Å². The zero-order valence-corrected chi connectivity index (χ0v) is 25.3. The van der Waals surface area contributed by atoms with E-state index in [0.29, 0.717) is 54.8 Å². The number of halogens is 1. The summed E-state index contributed by atoms with van der Waals surface area (Å²) in [6, 6.07) is 2.55. The topological polar surface area (TPSA) is 122 Å². The number of nitrogens with zero attached hydrogens (tertiary/aromatic N) is 4. The molecule has 0 unspecified atom stereocenters. The van der Waals surface area contributed by atoms with Crippen LogP contribution in [0, 0.1) is 0 Å². The second-order valence-corrected chi connectivity index (χ2v) is 13.8. The molecule has 222 valence electrons. The first kappa shape index (κ1) is 30.8. The fraction of sp³-hybridized carbons (Fsp3) is 0.654. The second kappa shape index (κ2) is 14.1. The van der Waals surface area contributed by atoms with E-state index in [1.165, 1.54) is 22.3 Å². The van der Waals surface area contributed by atoms with E-state index in [4.69, 9.17) is 11.6 Å². The lowest BCUT2D eigenvalue weighted by atomic mass is 10.1. The third-order valence-corrected chi connectivity index (χ3v) is 9.82. The summed E-state index contributed by atoms with van der Waals surface area (Å²) < 4.78 is 28.2. The average Bonchev–Trinajstić information content (AvgIpc) is 3.57. The molecule has 4 amide bonds. The molecule has 1 aromatic rings. The number of carbonyl (C=O) groups is 3. The first-order valence-electron chi connectivity index (χ1n) is 13.9. The van der Waals surface area contributed by atoms with Crippen molar-refractivity contribution in [3.05, 3.63) is 26.8 Å². The van der Waals surface area contributed by atoms with Crippen LogP contribution in [0.25, 0.3) is 6.08 Å². The van der Waals surface area contributed by atoms with Gasteiger partial charge in [0.2, 0.25) is 21.8 Å². The highest BCUT2D eigenvalue weighted by Crippen LogP contribution is 2.23. The van der Waals surface area contributed by atoms with Crippen molar-refractivity contribution in [2.75, 3.05) is 58.9 Å². The first-order chi connectivity index (χ1) is 19.1. The number of piperidine rings is 1. The van der Waals surface area contributed by atoms with Crippen LogP contribution >= 0.6 is 22.9 Å². The summed E-state index contributed by atoms with van der Waals surface area (Å²) in [4.78, 5) is 46.8. The number of carbonyl (C=O) groups excluding carboxylic acids is 3. The van der Waals surface area contributed by atoms with Crippen LogP contribution in [0.15, 0.2) is 17.5 Å². The average molecular weight is 615 g/mol. The Kier molecular flexibility index (Phi) is 10.9. The Morgan fingerprint density at radius 3 is 2.55 bits per heavy atom. The molecule has 4 rings (SSSR count). The molecule has 0 aromatic carbocycles. The third kappa shape index (κ3) is 8.41. The van der Waals surface area contributed by atoms with Crippen molar-refractivity contribution in [2.24, 2.45) is 0 Å². The number of amides is 4. The van der Waals surface area contributed by atoms with Crippen molar-refractivity contribution < 1.29 is 22.8 Å². The molecule has 3 saturated heterocycles. The van der Waals surface area contributed by atoms with E-state index in [9.17, 15) is 22.8 Å². The number of hydrogen-bond acceptors (Lipinski definition) is 7. The highest BCUT2D eigenvalue weighted by molar-refractivity contribution is 7.92. The Morgan fingerprint density at radius 2 is 1.85 bits per heavy atom. The molecule has 0 bridgehead atoms. The molecule has 4 heterocycles.